The maximum atomic E-state index is 11.6. The number of cyclic esters (lactones) is 1. The van der Waals surface area contributed by atoms with E-state index in [-0.39, 0.29) is 18.2 Å². The van der Waals surface area contributed by atoms with Gasteiger partial charge >= 0.3 is 6.09 Å². The Bertz CT molecular complexity index is 664. The smallest absolute Gasteiger partial charge is 0.410 e. The molecule has 2 aromatic carbocycles. The van der Waals surface area contributed by atoms with Gasteiger partial charge in [-0.05, 0) is 35.7 Å². The molecule has 0 saturated carbocycles. The van der Waals surface area contributed by atoms with Gasteiger partial charge < -0.3 is 14.4 Å². The normalized spacial score (nSPS) is 20.9. The third-order valence-electron chi connectivity index (χ3n) is 4.11. The summed E-state index contributed by atoms with van der Waals surface area (Å²) in [4.78, 5) is 13.3. The Morgan fingerprint density at radius 1 is 1.00 bits per heavy atom. The van der Waals surface area contributed by atoms with E-state index in [1.807, 2.05) is 31.2 Å². The molecule has 3 rings (SSSR count). The molecule has 0 radical (unpaired) electrons. The lowest BCUT2D eigenvalue weighted by atomic mass is 9.98. The molecule has 4 heteroatoms. The number of rotatable bonds is 3. The lowest BCUT2D eigenvalue weighted by Gasteiger charge is -2.19. The fraction of sp³-hybridized carbons (Fsp3) is 0.278. The Balaban J connectivity index is 1.84. The van der Waals surface area contributed by atoms with Crippen molar-refractivity contribution in [1.82, 2.24) is 4.90 Å². The second kappa shape index (κ2) is 5.72. The number of ether oxygens (including phenoxy) is 2. The van der Waals surface area contributed by atoms with Crippen LogP contribution < -0.4 is 4.74 Å². The number of carbonyl (C=O) groups excluding carboxylic acids is 1. The minimum Gasteiger partial charge on any atom is -0.497 e. The summed E-state index contributed by atoms with van der Waals surface area (Å²) < 4.78 is 10.4. The average Bonchev–Trinajstić information content (AvgIpc) is 2.80. The highest BCUT2D eigenvalue weighted by Gasteiger charge is 2.37. The summed E-state index contributed by atoms with van der Waals surface area (Å²) in [5, 5.41) is 0. The predicted molar refractivity (Wildman–Crippen MR) is 84.9 cm³/mol. The van der Waals surface area contributed by atoms with Gasteiger partial charge in [0.15, 0.2) is 0 Å². The third kappa shape index (κ3) is 2.52. The molecule has 0 N–H and O–H groups in total. The minimum absolute atomic E-state index is 0.0302. The van der Waals surface area contributed by atoms with Gasteiger partial charge in [-0.2, -0.15) is 0 Å². The minimum atomic E-state index is -0.267. The largest absolute Gasteiger partial charge is 0.497 e. The van der Waals surface area contributed by atoms with Gasteiger partial charge in [0, 0.05) is 7.05 Å². The number of carbonyl (C=O) groups is 1. The molecule has 22 heavy (non-hydrogen) atoms. The van der Waals surface area contributed by atoms with E-state index in [1.54, 1.807) is 19.1 Å². The summed E-state index contributed by atoms with van der Waals surface area (Å²) >= 11 is 0. The first kappa shape index (κ1) is 14.4. The lowest BCUT2D eigenvalue weighted by molar-refractivity contribution is 0.138. The topological polar surface area (TPSA) is 38.8 Å². The van der Waals surface area contributed by atoms with Gasteiger partial charge in [-0.1, -0.05) is 36.4 Å². The molecule has 1 amide bonds. The van der Waals surface area contributed by atoms with Crippen LogP contribution in [-0.4, -0.2) is 31.3 Å². The van der Waals surface area contributed by atoms with E-state index in [2.05, 4.69) is 24.3 Å². The molecule has 1 fully saturated rings. The lowest BCUT2D eigenvalue weighted by Crippen LogP contribution is -2.24. The van der Waals surface area contributed by atoms with Crippen molar-refractivity contribution in [3.05, 3.63) is 54.1 Å². The molecule has 1 aliphatic rings. The zero-order chi connectivity index (χ0) is 15.7. The summed E-state index contributed by atoms with van der Waals surface area (Å²) in [7, 11) is 3.43. The summed E-state index contributed by atoms with van der Waals surface area (Å²) in [5.74, 6) is 0.845. The molecule has 0 aliphatic carbocycles. The second-order valence-corrected chi connectivity index (χ2v) is 5.50. The maximum Gasteiger partial charge on any atom is 0.410 e. The van der Waals surface area contributed by atoms with Crippen LogP contribution in [0.5, 0.6) is 5.75 Å². The van der Waals surface area contributed by atoms with E-state index >= 15 is 0 Å². The zero-order valence-corrected chi connectivity index (χ0v) is 12.9. The number of benzene rings is 2. The van der Waals surface area contributed by atoms with Gasteiger partial charge in [-0.15, -0.1) is 0 Å². The Labute approximate surface area is 130 Å². The molecular formula is C18H19NO3. The number of hydrogen-bond donors (Lipinski definition) is 0. The Hall–Kier alpha value is -2.49. The van der Waals surface area contributed by atoms with Gasteiger partial charge in [-0.25, -0.2) is 4.79 Å². The van der Waals surface area contributed by atoms with Crippen LogP contribution in [0.3, 0.4) is 0 Å². The summed E-state index contributed by atoms with van der Waals surface area (Å²) in [5.41, 5.74) is 3.34. The molecule has 2 atom stereocenters. The van der Waals surface area contributed by atoms with Crippen molar-refractivity contribution in [2.75, 3.05) is 14.2 Å². The zero-order valence-electron chi connectivity index (χ0n) is 12.9. The van der Waals surface area contributed by atoms with Crippen LogP contribution in [0.25, 0.3) is 11.1 Å². The van der Waals surface area contributed by atoms with E-state index < -0.39 is 0 Å². The molecule has 0 spiro atoms. The Kier molecular flexibility index (Phi) is 3.75. The maximum absolute atomic E-state index is 11.6. The van der Waals surface area contributed by atoms with Crippen molar-refractivity contribution in [3.8, 4) is 16.9 Å². The van der Waals surface area contributed by atoms with E-state index in [4.69, 9.17) is 9.47 Å². The summed E-state index contributed by atoms with van der Waals surface area (Å²) in [6.45, 7) is 1.92. The van der Waals surface area contributed by atoms with E-state index in [0.717, 1.165) is 22.4 Å². The number of hydrogen-bond acceptors (Lipinski definition) is 3. The van der Waals surface area contributed by atoms with Gasteiger partial charge in [0.25, 0.3) is 0 Å². The molecule has 0 bridgehead atoms. The van der Waals surface area contributed by atoms with Crippen LogP contribution in [-0.2, 0) is 4.74 Å². The van der Waals surface area contributed by atoms with Gasteiger partial charge in [0.05, 0.1) is 13.2 Å². The van der Waals surface area contributed by atoms with Gasteiger partial charge in [0.2, 0.25) is 0 Å². The average molecular weight is 297 g/mol. The first-order valence-corrected chi connectivity index (χ1v) is 7.28. The van der Waals surface area contributed by atoms with Crippen molar-refractivity contribution in [2.24, 2.45) is 0 Å². The Morgan fingerprint density at radius 3 is 2.00 bits per heavy atom. The number of likely N-dealkylation sites (N-methyl/N-ethyl adjacent to an activating group) is 1. The highest BCUT2D eigenvalue weighted by atomic mass is 16.6. The monoisotopic (exact) mass is 297 g/mol. The third-order valence-corrected chi connectivity index (χ3v) is 4.11. The van der Waals surface area contributed by atoms with Crippen LogP contribution in [0.4, 0.5) is 4.79 Å². The first-order chi connectivity index (χ1) is 10.6. The molecule has 2 aromatic rings. The number of amides is 1. The molecule has 1 heterocycles. The molecule has 114 valence electrons. The molecule has 0 aromatic heterocycles. The Morgan fingerprint density at radius 2 is 1.55 bits per heavy atom. The van der Waals surface area contributed by atoms with Gasteiger partial charge in [-0.3, -0.25) is 0 Å². The second-order valence-electron chi connectivity index (χ2n) is 5.50. The van der Waals surface area contributed by atoms with Crippen LogP contribution in [0, 0.1) is 0 Å². The fourth-order valence-electron chi connectivity index (χ4n) is 2.89. The molecule has 1 saturated heterocycles. The van der Waals surface area contributed by atoms with Crippen molar-refractivity contribution >= 4 is 6.09 Å². The number of methoxy groups -OCH3 is 1. The quantitative estimate of drug-likeness (QED) is 0.863. The fourth-order valence-corrected chi connectivity index (χ4v) is 2.89. The van der Waals surface area contributed by atoms with E-state index in [0.29, 0.717) is 0 Å². The van der Waals surface area contributed by atoms with Crippen molar-refractivity contribution in [3.63, 3.8) is 0 Å². The van der Waals surface area contributed by atoms with Gasteiger partial charge in [0.1, 0.15) is 11.9 Å². The highest BCUT2D eigenvalue weighted by molar-refractivity contribution is 5.71. The molecule has 2 unspecified atom stereocenters. The highest BCUT2D eigenvalue weighted by Crippen LogP contribution is 2.33. The number of nitrogens with zero attached hydrogens (tertiary/aromatic N) is 1. The van der Waals surface area contributed by atoms with Crippen LogP contribution in [0.1, 0.15) is 18.5 Å². The van der Waals surface area contributed by atoms with E-state index in [9.17, 15) is 4.79 Å². The van der Waals surface area contributed by atoms with Crippen LogP contribution >= 0.6 is 0 Å². The van der Waals surface area contributed by atoms with Crippen LogP contribution in [0.2, 0.25) is 0 Å². The predicted octanol–water partition coefficient (Wildman–Crippen LogP) is 3.87. The summed E-state index contributed by atoms with van der Waals surface area (Å²) in [6, 6.07) is 16.2. The molecule has 4 nitrogen and oxygen atoms in total. The van der Waals surface area contributed by atoms with Crippen LogP contribution in [0.15, 0.2) is 48.5 Å². The van der Waals surface area contributed by atoms with Crippen molar-refractivity contribution in [2.45, 2.75) is 19.1 Å². The van der Waals surface area contributed by atoms with Crippen molar-refractivity contribution in [1.29, 1.82) is 0 Å². The first-order valence-electron chi connectivity index (χ1n) is 7.28. The van der Waals surface area contributed by atoms with E-state index in [1.165, 1.54) is 0 Å². The SMILES string of the molecule is COc1ccc(-c2ccc(C3C(C)OC(=O)N3C)cc2)cc1. The standard InChI is InChI=1S/C18H19NO3/c1-12-17(19(2)18(20)22-12)15-6-4-13(5-7-15)14-8-10-16(21-3)11-9-14/h4-12,17H,1-3H3. The molecular weight excluding hydrogens is 278 g/mol. The summed E-state index contributed by atoms with van der Waals surface area (Å²) in [6.07, 6.45) is -0.402. The van der Waals surface area contributed by atoms with Crippen molar-refractivity contribution < 1.29 is 14.3 Å². The molecule has 1 aliphatic heterocycles.